The van der Waals surface area contributed by atoms with E-state index in [4.69, 9.17) is 15.2 Å². The van der Waals surface area contributed by atoms with E-state index in [2.05, 4.69) is 6.07 Å². The number of rotatable bonds is 5. The second-order valence-corrected chi connectivity index (χ2v) is 4.95. The minimum atomic E-state index is -1.09. The van der Waals surface area contributed by atoms with Crippen LogP contribution in [0.3, 0.4) is 0 Å². The minimum absolute atomic E-state index is 0.146. The number of hydrogen-bond donors (Lipinski definition) is 1. The highest BCUT2D eigenvalue weighted by Crippen LogP contribution is 2.19. The van der Waals surface area contributed by atoms with Crippen LogP contribution in [-0.4, -0.2) is 25.9 Å². The van der Waals surface area contributed by atoms with E-state index in [0.717, 1.165) is 25.0 Å². The van der Waals surface area contributed by atoms with Crippen molar-refractivity contribution in [2.45, 2.75) is 30.9 Å². The highest BCUT2D eigenvalue weighted by Gasteiger charge is 2.28. The van der Waals surface area contributed by atoms with Gasteiger partial charge in [0.1, 0.15) is 0 Å². The molecule has 4 nitrogen and oxygen atoms in total. The average molecular weight is 260 g/mol. The van der Waals surface area contributed by atoms with Crippen molar-refractivity contribution in [3.63, 3.8) is 0 Å². The first-order valence-electron chi connectivity index (χ1n) is 6.69. The summed E-state index contributed by atoms with van der Waals surface area (Å²) in [4.78, 5) is 0. The Morgan fingerprint density at radius 2 is 2.16 bits per heavy atom. The second kappa shape index (κ2) is 6.67. The van der Waals surface area contributed by atoms with Crippen molar-refractivity contribution in [3.05, 3.63) is 35.9 Å². The van der Waals surface area contributed by atoms with Gasteiger partial charge in [0.25, 0.3) is 0 Å². The van der Waals surface area contributed by atoms with Crippen LogP contribution in [0.15, 0.2) is 30.3 Å². The van der Waals surface area contributed by atoms with Crippen molar-refractivity contribution in [1.82, 2.24) is 0 Å². The molecule has 0 saturated carbocycles. The van der Waals surface area contributed by atoms with Gasteiger partial charge in [-0.15, -0.1) is 0 Å². The molecule has 1 fully saturated rings. The summed E-state index contributed by atoms with van der Waals surface area (Å²) in [5, 5.41) is 9.29. The van der Waals surface area contributed by atoms with Crippen LogP contribution in [0.4, 0.5) is 0 Å². The van der Waals surface area contributed by atoms with E-state index >= 15 is 0 Å². The standard InChI is InChI=1S/C15H20N2O2/c16-11-15(17,13-6-2-1-3-7-13)12-18-10-14-8-4-5-9-19-14/h1-3,6-7,14H,4-5,8-10,12,17H2. The van der Waals surface area contributed by atoms with E-state index in [9.17, 15) is 5.26 Å². The molecular formula is C15H20N2O2. The van der Waals surface area contributed by atoms with Gasteiger partial charge in [0.05, 0.1) is 25.4 Å². The first-order valence-corrected chi connectivity index (χ1v) is 6.69. The van der Waals surface area contributed by atoms with Crippen LogP contribution >= 0.6 is 0 Å². The molecule has 0 aromatic heterocycles. The number of benzene rings is 1. The summed E-state index contributed by atoms with van der Waals surface area (Å²) in [7, 11) is 0. The molecule has 2 atom stereocenters. The van der Waals surface area contributed by atoms with E-state index in [1.165, 1.54) is 6.42 Å². The molecule has 102 valence electrons. The Balaban J connectivity index is 1.87. The predicted molar refractivity (Wildman–Crippen MR) is 72.3 cm³/mol. The van der Waals surface area contributed by atoms with Gasteiger partial charge in [0, 0.05) is 6.61 Å². The maximum atomic E-state index is 9.29. The molecule has 0 aliphatic carbocycles. The third kappa shape index (κ3) is 3.77. The summed E-state index contributed by atoms with van der Waals surface area (Å²) in [6.07, 6.45) is 3.47. The summed E-state index contributed by atoms with van der Waals surface area (Å²) < 4.78 is 11.2. The highest BCUT2D eigenvalue weighted by atomic mass is 16.5. The lowest BCUT2D eigenvalue weighted by molar-refractivity contribution is -0.0463. The van der Waals surface area contributed by atoms with Crippen molar-refractivity contribution in [1.29, 1.82) is 5.26 Å². The average Bonchev–Trinajstić information content (AvgIpc) is 2.49. The maximum Gasteiger partial charge on any atom is 0.153 e. The van der Waals surface area contributed by atoms with Crippen LogP contribution in [-0.2, 0) is 15.0 Å². The van der Waals surface area contributed by atoms with Crippen molar-refractivity contribution >= 4 is 0 Å². The molecule has 2 N–H and O–H groups in total. The van der Waals surface area contributed by atoms with E-state index in [0.29, 0.717) is 6.61 Å². The number of nitriles is 1. The molecule has 1 aromatic carbocycles. The third-order valence-electron chi connectivity index (χ3n) is 3.40. The Hall–Kier alpha value is -1.41. The molecule has 19 heavy (non-hydrogen) atoms. The minimum Gasteiger partial charge on any atom is -0.376 e. The fraction of sp³-hybridized carbons (Fsp3) is 0.533. The zero-order valence-electron chi connectivity index (χ0n) is 11.0. The maximum absolute atomic E-state index is 9.29. The zero-order chi connectivity index (χ0) is 13.6. The zero-order valence-corrected chi connectivity index (χ0v) is 11.0. The van der Waals surface area contributed by atoms with E-state index in [1.54, 1.807) is 0 Å². The lowest BCUT2D eigenvalue weighted by Gasteiger charge is -2.26. The van der Waals surface area contributed by atoms with Crippen LogP contribution in [0.5, 0.6) is 0 Å². The van der Waals surface area contributed by atoms with Gasteiger partial charge in [-0.3, -0.25) is 0 Å². The van der Waals surface area contributed by atoms with Crippen LogP contribution in [0.1, 0.15) is 24.8 Å². The molecule has 0 spiro atoms. The van der Waals surface area contributed by atoms with Crippen LogP contribution in [0.25, 0.3) is 0 Å². The Morgan fingerprint density at radius 1 is 1.37 bits per heavy atom. The third-order valence-corrected chi connectivity index (χ3v) is 3.40. The lowest BCUT2D eigenvalue weighted by Crippen LogP contribution is -2.41. The van der Waals surface area contributed by atoms with Gasteiger partial charge in [-0.2, -0.15) is 5.26 Å². The van der Waals surface area contributed by atoms with Crippen molar-refractivity contribution in [2.24, 2.45) is 5.73 Å². The molecule has 0 amide bonds. The molecule has 0 radical (unpaired) electrons. The smallest absolute Gasteiger partial charge is 0.153 e. The molecule has 2 rings (SSSR count). The quantitative estimate of drug-likeness (QED) is 0.878. The molecule has 4 heteroatoms. The SMILES string of the molecule is N#CC(N)(COCC1CCCCO1)c1ccccc1. The molecular weight excluding hydrogens is 240 g/mol. The van der Waals surface area contributed by atoms with Crippen LogP contribution in [0.2, 0.25) is 0 Å². The molecule has 0 bridgehead atoms. The molecule has 1 aliphatic rings. The van der Waals surface area contributed by atoms with Crippen molar-refractivity contribution in [3.8, 4) is 6.07 Å². The number of nitrogens with zero attached hydrogens (tertiary/aromatic N) is 1. The molecule has 1 saturated heterocycles. The van der Waals surface area contributed by atoms with E-state index in [1.807, 2.05) is 30.3 Å². The monoisotopic (exact) mass is 260 g/mol. The molecule has 1 aliphatic heterocycles. The summed E-state index contributed by atoms with van der Waals surface area (Å²) in [6.45, 7) is 1.50. The number of ether oxygens (including phenoxy) is 2. The Bertz CT molecular complexity index is 424. The van der Waals surface area contributed by atoms with Gasteiger partial charge in [-0.1, -0.05) is 30.3 Å². The van der Waals surface area contributed by atoms with Gasteiger partial charge >= 0.3 is 0 Å². The van der Waals surface area contributed by atoms with Gasteiger partial charge in [-0.05, 0) is 24.8 Å². The molecule has 2 unspecified atom stereocenters. The van der Waals surface area contributed by atoms with Gasteiger partial charge in [-0.25, -0.2) is 0 Å². The first-order chi connectivity index (χ1) is 9.24. The predicted octanol–water partition coefficient (Wildman–Crippen LogP) is 1.95. The van der Waals surface area contributed by atoms with Gasteiger partial charge in [0.2, 0.25) is 0 Å². The summed E-state index contributed by atoms with van der Waals surface area (Å²) in [6, 6.07) is 11.5. The topological polar surface area (TPSA) is 68.3 Å². The second-order valence-electron chi connectivity index (χ2n) is 4.95. The van der Waals surface area contributed by atoms with E-state index in [-0.39, 0.29) is 12.7 Å². The summed E-state index contributed by atoms with van der Waals surface area (Å²) >= 11 is 0. The fourth-order valence-corrected chi connectivity index (χ4v) is 2.21. The normalized spacial score (nSPS) is 22.4. The molecule has 1 aromatic rings. The Labute approximate surface area is 114 Å². The Kier molecular flexibility index (Phi) is 4.92. The first kappa shape index (κ1) is 14.0. The molecule has 1 heterocycles. The fourth-order valence-electron chi connectivity index (χ4n) is 2.21. The van der Waals surface area contributed by atoms with Gasteiger partial charge in [0.15, 0.2) is 5.54 Å². The number of hydrogen-bond acceptors (Lipinski definition) is 4. The van der Waals surface area contributed by atoms with Crippen LogP contribution < -0.4 is 5.73 Å². The van der Waals surface area contributed by atoms with Crippen LogP contribution in [0, 0.1) is 11.3 Å². The highest BCUT2D eigenvalue weighted by molar-refractivity contribution is 5.30. The largest absolute Gasteiger partial charge is 0.376 e. The van der Waals surface area contributed by atoms with Gasteiger partial charge < -0.3 is 15.2 Å². The van der Waals surface area contributed by atoms with Crippen molar-refractivity contribution in [2.75, 3.05) is 19.8 Å². The lowest BCUT2D eigenvalue weighted by atomic mass is 9.94. The summed E-state index contributed by atoms with van der Waals surface area (Å²) in [5.74, 6) is 0. The van der Waals surface area contributed by atoms with Crippen molar-refractivity contribution < 1.29 is 9.47 Å². The Morgan fingerprint density at radius 3 is 2.79 bits per heavy atom. The summed E-state index contributed by atoms with van der Waals surface area (Å²) in [5.41, 5.74) is 5.80. The number of nitrogens with two attached hydrogens (primary N) is 1. The van der Waals surface area contributed by atoms with E-state index < -0.39 is 5.54 Å².